The van der Waals surface area contributed by atoms with E-state index in [1.54, 1.807) is 17.4 Å². The molecule has 0 N–H and O–H groups in total. The van der Waals surface area contributed by atoms with E-state index in [1.165, 1.54) is 37.4 Å². The molecule has 2 aromatic heterocycles. The lowest BCUT2D eigenvalue weighted by Gasteiger charge is -2.15. The summed E-state index contributed by atoms with van der Waals surface area (Å²) >= 11 is 1.80. The van der Waals surface area contributed by atoms with E-state index in [-0.39, 0.29) is 5.82 Å². The number of fused-ring (bicyclic) bond motifs is 5. The van der Waals surface area contributed by atoms with Gasteiger partial charge in [-0.3, -0.25) is 0 Å². The van der Waals surface area contributed by atoms with Crippen LogP contribution in [-0.4, -0.2) is 15.0 Å². The molecule has 13 aromatic rings. The molecule has 328 valence electrons. The van der Waals surface area contributed by atoms with Gasteiger partial charge in [-0.2, -0.15) is 0 Å². The number of thiophene rings is 1. The standard InChI is InChI=1S/C65H40FN3S/c66-59-33-12-11-28-53(59)48-37-49(54-29-16-34-60-61(54)57-32-15-30-55(62(57)70-60)43-19-5-2-6-20-43)39-50(38-48)64-67-63(68-65(69-64)56-31-14-23-42-21-7-9-26-51(42)56)46-25-13-24-45(35-46)58-40-47(41-17-3-1-4-18-41)36-44-22-8-10-27-52(44)58/h1-40H. The maximum absolute atomic E-state index is 16.0. The highest BCUT2D eigenvalue weighted by Crippen LogP contribution is 2.45. The second-order valence-corrected chi connectivity index (χ2v) is 18.7. The Morgan fingerprint density at radius 2 is 0.800 bits per heavy atom. The maximum Gasteiger partial charge on any atom is 0.164 e. The number of rotatable bonds is 8. The predicted molar refractivity (Wildman–Crippen MR) is 291 cm³/mol. The molecule has 0 saturated carbocycles. The highest BCUT2D eigenvalue weighted by Gasteiger charge is 2.20. The molecule has 3 nitrogen and oxygen atoms in total. The van der Waals surface area contributed by atoms with Crippen LogP contribution in [0.15, 0.2) is 243 Å². The Bertz CT molecular complexity index is 4140. The van der Waals surface area contributed by atoms with Gasteiger partial charge < -0.3 is 0 Å². The van der Waals surface area contributed by atoms with Crippen molar-refractivity contribution in [3.8, 4) is 89.8 Å². The summed E-state index contributed by atoms with van der Waals surface area (Å²) in [7, 11) is 0. The van der Waals surface area contributed by atoms with E-state index in [0.717, 1.165) is 77.2 Å². The molecule has 0 aliphatic carbocycles. The molecular weight excluding hydrogens is 874 g/mol. The fraction of sp³-hybridized carbons (Fsp3) is 0. The van der Waals surface area contributed by atoms with E-state index in [4.69, 9.17) is 15.0 Å². The first kappa shape index (κ1) is 41.3. The molecule has 0 spiro atoms. The highest BCUT2D eigenvalue weighted by molar-refractivity contribution is 7.26. The van der Waals surface area contributed by atoms with Gasteiger partial charge in [-0.15, -0.1) is 11.3 Å². The molecule has 0 unspecified atom stereocenters. The van der Waals surface area contributed by atoms with Crippen molar-refractivity contribution in [1.29, 1.82) is 0 Å². The van der Waals surface area contributed by atoms with E-state index in [1.807, 2.05) is 30.3 Å². The Kier molecular flexibility index (Phi) is 10.2. The first-order valence-corrected chi connectivity index (χ1v) is 24.2. The Morgan fingerprint density at radius 3 is 1.61 bits per heavy atom. The minimum atomic E-state index is -0.300. The number of hydrogen-bond acceptors (Lipinski definition) is 4. The molecule has 0 fully saturated rings. The summed E-state index contributed by atoms with van der Waals surface area (Å²) in [5.74, 6) is 1.28. The fourth-order valence-electron chi connectivity index (χ4n) is 10.0. The molecule has 0 saturated heterocycles. The van der Waals surface area contributed by atoms with Gasteiger partial charge >= 0.3 is 0 Å². The van der Waals surface area contributed by atoms with Crippen LogP contribution in [0.4, 0.5) is 4.39 Å². The van der Waals surface area contributed by atoms with Gasteiger partial charge in [0.15, 0.2) is 17.5 Å². The van der Waals surface area contributed by atoms with Crippen molar-refractivity contribution in [3.63, 3.8) is 0 Å². The lowest BCUT2D eigenvalue weighted by molar-refractivity contribution is 0.631. The summed E-state index contributed by atoms with van der Waals surface area (Å²) in [6.45, 7) is 0. The largest absolute Gasteiger partial charge is 0.208 e. The van der Waals surface area contributed by atoms with E-state index in [0.29, 0.717) is 23.0 Å². The minimum Gasteiger partial charge on any atom is -0.208 e. The van der Waals surface area contributed by atoms with Crippen LogP contribution >= 0.6 is 11.3 Å². The van der Waals surface area contributed by atoms with E-state index < -0.39 is 0 Å². The van der Waals surface area contributed by atoms with Gasteiger partial charge in [0.05, 0.1) is 0 Å². The van der Waals surface area contributed by atoms with Crippen LogP contribution in [0, 0.1) is 5.82 Å². The molecule has 70 heavy (non-hydrogen) atoms. The number of nitrogens with zero attached hydrogens (tertiary/aromatic N) is 3. The summed E-state index contributed by atoms with van der Waals surface area (Å²) < 4.78 is 18.4. The third-order valence-corrected chi connectivity index (χ3v) is 14.6. The second kappa shape index (κ2) is 17.3. The number of aromatic nitrogens is 3. The van der Waals surface area contributed by atoms with Gasteiger partial charge in [-0.25, -0.2) is 19.3 Å². The summed E-state index contributed by atoms with van der Waals surface area (Å²) in [5, 5.41) is 6.79. The monoisotopic (exact) mass is 913 g/mol. The van der Waals surface area contributed by atoms with Gasteiger partial charge in [-0.1, -0.05) is 194 Å². The third-order valence-electron chi connectivity index (χ3n) is 13.4. The van der Waals surface area contributed by atoms with E-state index >= 15 is 4.39 Å². The van der Waals surface area contributed by atoms with Crippen LogP contribution in [0.5, 0.6) is 0 Å². The molecule has 0 amide bonds. The maximum atomic E-state index is 16.0. The summed E-state index contributed by atoms with van der Waals surface area (Å²) in [6, 6.07) is 83.6. The molecule has 0 radical (unpaired) electrons. The van der Waals surface area contributed by atoms with Crippen LogP contribution in [-0.2, 0) is 0 Å². The van der Waals surface area contributed by atoms with Crippen LogP contribution in [0.1, 0.15) is 0 Å². The fourth-order valence-corrected chi connectivity index (χ4v) is 11.3. The highest BCUT2D eigenvalue weighted by atomic mass is 32.1. The van der Waals surface area contributed by atoms with Crippen LogP contribution in [0.25, 0.3) is 132 Å². The van der Waals surface area contributed by atoms with Gasteiger partial charge in [0.1, 0.15) is 5.82 Å². The first-order valence-electron chi connectivity index (χ1n) is 23.4. The average molecular weight is 914 g/mol. The molecule has 5 heteroatoms. The quantitative estimate of drug-likeness (QED) is 0.152. The predicted octanol–water partition coefficient (Wildman–Crippen LogP) is 18.0. The lowest BCUT2D eigenvalue weighted by atomic mass is 9.92. The SMILES string of the molecule is Fc1ccccc1-c1cc(-c2nc(-c3cccc(-c4cc(-c5ccccc5)cc5ccccc45)c3)nc(-c3cccc4ccccc34)n2)cc(-c2cccc3sc4c(-c5ccccc5)cccc4c23)c1. The topological polar surface area (TPSA) is 38.7 Å². The second-order valence-electron chi connectivity index (χ2n) is 17.6. The molecule has 0 bridgehead atoms. The Balaban J connectivity index is 1.04. The van der Waals surface area contributed by atoms with E-state index in [2.05, 4.69) is 200 Å². The Labute approximate surface area is 408 Å². The zero-order valence-electron chi connectivity index (χ0n) is 37.7. The number of benzene rings is 11. The van der Waals surface area contributed by atoms with Crippen LogP contribution < -0.4 is 0 Å². The molecule has 0 aliphatic rings. The smallest absolute Gasteiger partial charge is 0.164 e. The van der Waals surface area contributed by atoms with Crippen molar-refractivity contribution in [2.75, 3.05) is 0 Å². The van der Waals surface area contributed by atoms with Gasteiger partial charge in [0.2, 0.25) is 0 Å². The Hall–Kier alpha value is -8.90. The third kappa shape index (κ3) is 7.41. The van der Waals surface area contributed by atoms with Gasteiger partial charge in [-0.05, 0) is 120 Å². The Morgan fingerprint density at radius 1 is 0.286 bits per heavy atom. The molecule has 0 atom stereocenters. The van der Waals surface area contributed by atoms with Crippen molar-refractivity contribution in [2.45, 2.75) is 0 Å². The first-order chi connectivity index (χ1) is 34.6. The van der Waals surface area contributed by atoms with Gasteiger partial charge in [0.25, 0.3) is 0 Å². The van der Waals surface area contributed by atoms with Crippen molar-refractivity contribution in [3.05, 3.63) is 248 Å². The zero-order chi connectivity index (χ0) is 46.5. The minimum absolute atomic E-state index is 0.300. The lowest BCUT2D eigenvalue weighted by Crippen LogP contribution is -2.01. The normalized spacial score (nSPS) is 11.5. The van der Waals surface area contributed by atoms with Crippen LogP contribution in [0.3, 0.4) is 0 Å². The van der Waals surface area contributed by atoms with E-state index in [9.17, 15) is 0 Å². The molecular formula is C65H40FN3S. The van der Waals surface area contributed by atoms with Crippen molar-refractivity contribution in [2.24, 2.45) is 0 Å². The average Bonchev–Trinajstić information content (AvgIpc) is 3.82. The molecule has 13 rings (SSSR count). The molecule has 11 aromatic carbocycles. The van der Waals surface area contributed by atoms with Crippen molar-refractivity contribution >= 4 is 53.1 Å². The molecule has 0 aliphatic heterocycles. The van der Waals surface area contributed by atoms with Crippen LogP contribution in [0.2, 0.25) is 0 Å². The zero-order valence-corrected chi connectivity index (χ0v) is 38.5. The summed E-state index contributed by atoms with van der Waals surface area (Å²) in [5.41, 5.74) is 12.6. The summed E-state index contributed by atoms with van der Waals surface area (Å²) in [6.07, 6.45) is 0. The summed E-state index contributed by atoms with van der Waals surface area (Å²) in [4.78, 5) is 16.0. The van der Waals surface area contributed by atoms with Crippen molar-refractivity contribution in [1.82, 2.24) is 15.0 Å². The van der Waals surface area contributed by atoms with Gasteiger partial charge in [0, 0.05) is 42.4 Å². The number of halogens is 1. The van der Waals surface area contributed by atoms with Crippen molar-refractivity contribution < 1.29 is 4.39 Å². The molecule has 2 heterocycles. The number of hydrogen-bond donors (Lipinski definition) is 0.